The van der Waals surface area contributed by atoms with Gasteiger partial charge in [-0.25, -0.2) is 9.38 Å². The zero-order valence-corrected chi connectivity index (χ0v) is 10.8. The van der Waals surface area contributed by atoms with E-state index in [-0.39, 0.29) is 18.1 Å². The van der Waals surface area contributed by atoms with E-state index >= 15 is 0 Å². The largest absolute Gasteiger partial charge is 0.550 e. The molecule has 5 nitrogen and oxygen atoms in total. The van der Waals surface area contributed by atoms with E-state index in [9.17, 15) is 19.1 Å². The lowest BCUT2D eigenvalue weighted by Crippen LogP contribution is -2.32. The van der Waals surface area contributed by atoms with Crippen molar-refractivity contribution in [3.8, 4) is 0 Å². The number of amides is 1. The SMILES string of the molecule is CN1C(=O)[C@H](CC(=O)[O-])SC1=Nc1ccc(F)cc1. The van der Waals surface area contributed by atoms with E-state index in [1.807, 2.05) is 0 Å². The van der Waals surface area contributed by atoms with E-state index in [0.717, 1.165) is 11.8 Å². The molecule has 1 atom stereocenters. The first kappa shape index (κ1) is 13.5. The molecule has 0 saturated carbocycles. The minimum Gasteiger partial charge on any atom is -0.550 e. The van der Waals surface area contributed by atoms with Crippen molar-refractivity contribution in [1.29, 1.82) is 0 Å². The standard InChI is InChI=1S/C12H11FN2O3S/c1-15-11(18)9(6-10(16)17)19-12(15)14-8-4-2-7(13)3-5-8/h2-5,9H,6H2,1H3,(H,16,17)/p-1/t9-/m0/s1. The Kier molecular flexibility index (Phi) is 3.84. The first-order valence-corrected chi connectivity index (χ1v) is 6.33. The number of nitrogens with zero attached hydrogens (tertiary/aromatic N) is 2. The summed E-state index contributed by atoms with van der Waals surface area (Å²) in [5.41, 5.74) is 0.498. The second-order valence-electron chi connectivity index (χ2n) is 3.95. The van der Waals surface area contributed by atoms with Crippen LogP contribution in [0, 0.1) is 5.82 Å². The van der Waals surface area contributed by atoms with Crippen molar-refractivity contribution in [1.82, 2.24) is 4.90 Å². The minimum absolute atomic E-state index is 0.324. The van der Waals surface area contributed by atoms with Gasteiger partial charge < -0.3 is 9.90 Å². The maximum Gasteiger partial charge on any atom is 0.242 e. The Morgan fingerprint density at radius 2 is 2.11 bits per heavy atom. The average molecular weight is 281 g/mol. The predicted molar refractivity (Wildman–Crippen MR) is 67.3 cm³/mol. The lowest BCUT2D eigenvalue weighted by Gasteiger charge is -2.08. The molecule has 7 heteroatoms. The molecule has 1 saturated heterocycles. The third kappa shape index (κ3) is 3.11. The number of carboxylic acid groups (broad SMARTS) is 1. The molecule has 0 N–H and O–H groups in total. The van der Waals surface area contributed by atoms with Crippen LogP contribution < -0.4 is 5.11 Å². The highest BCUT2D eigenvalue weighted by atomic mass is 32.2. The fourth-order valence-corrected chi connectivity index (χ4v) is 2.71. The van der Waals surface area contributed by atoms with Crippen molar-refractivity contribution in [3.05, 3.63) is 30.1 Å². The topological polar surface area (TPSA) is 72.8 Å². The van der Waals surface area contributed by atoms with Crippen LogP contribution in [0.15, 0.2) is 29.3 Å². The van der Waals surface area contributed by atoms with E-state index in [1.54, 1.807) is 0 Å². The average Bonchev–Trinajstić information content (AvgIpc) is 2.60. The van der Waals surface area contributed by atoms with Gasteiger partial charge in [0.1, 0.15) is 5.82 Å². The first-order chi connectivity index (χ1) is 8.97. The number of carbonyl (C=O) groups excluding carboxylic acids is 2. The molecule has 1 aromatic carbocycles. The minimum atomic E-state index is -1.28. The third-order valence-electron chi connectivity index (χ3n) is 2.54. The van der Waals surface area contributed by atoms with Crippen LogP contribution in [-0.2, 0) is 9.59 Å². The molecule has 1 amide bonds. The van der Waals surface area contributed by atoms with Crippen molar-refractivity contribution in [2.24, 2.45) is 4.99 Å². The van der Waals surface area contributed by atoms with Gasteiger partial charge in [-0.15, -0.1) is 0 Å². The van der Waals surface area contributed by atoms with Gasteiger partial charge in [0.25, 0.3) is 0 Å². The summed E-state index contributed by atoms with van der Waals surface area (Å²) < 4.78 is 12.8. The Balaban J connectivity index is 2.19. The van der Waals surface area contributed by atoms with Crippen LogP contribution in [0.4, 0.5) is 10.1 Å². The van der Waals surface area contributed by atoms with Crippen LogP contribution >= 0.6 is 11.8 Å². The van der Waals surface area contributed by atoms with Crippen LogP contribution in [0.2, 0.25) is 0 Å². The Hall–Kier alpha value is -1.89. The number of hydrogen-bond donors (Lipinski definition) is 0. The number of carboxylic acids is 1. The Labute approximate surface area is 113 Å². The van der Waals surface area contributed by atoms with Gasteiger partial charge in [0.15, 0.2) is 5.17 Å². The Morgan fingerprint density at radius 1 is 1.47 bits per heavy atom. The quantitative estimate of drug-likeness (QED) is 0.810. The van der Waals surface area contributed by atoms with E-state index in [4.69, 9.17) is 0 Å². The fourth-order valence-electron chi connectivity index (χ4n) is 1.57. The summed E-state index contributed by atoms with van der Waals surface area (Å²) >= 11 is 1.07. The molecule has 2 rings (SSSR count). The van der Waals surface area contributed by atoms with Gasteiger partial charge in [0, 0.05) is 19.4 Å². The monoisotopic (exact) mass is 281 g/mol. The molecule has 1 aromatic rings. The maximum atomic E-state index is 12.8. The number of rotatable bonds is 3. The number of benzene rings is 1. The summed E-state index contributed by atoms with van der Waals surface area (Å²) in [7, 11) is 1.52. The van der Waals surface area contributed by atoms with Gasteiger partial charge in [-0.05, 0) is 24.3 Å². The van der Waals surface area contributed by atoms with Gasteiger partial charge in [-0.3, -0.25) is 9.69 Å². The van der Waals surface area contributed by atoms with Gasteiger partial charge in [0.2, 0.25) is 5.91 Å². The number of aliphatic carboxylic acids is 1. The van der Waals surface area contributed by atoms with Crippen molar-refractivity contribution in [2.45, 2.75) is 11.7 Å². The second-order valence-corrected chi connectivity index (χ2v) is 5.12. The van der Waals surface area contributed by atoms with Crippen molar-refractivity contribution in [3.63, 3.8) is 0 Å². The van der Waals surface area contributed by atoms with E-state index < -0.39 is 11.2 Å². The third-order valence-corrected chi connectivity index (χ3v) is 3.77. The molecule has 0 radical (unpaired) electrons. The van der Waals surface area contributed by atoms with Crippen LogP contribution in [0.25, 0.3) is 0 Å². The zero-order chi connectivity index (χ0) is 14.0. The zero-order valence-electron chi connectivity index (χ0n) is 10.00. The summed E-state index contributed by atoms with van der Waals surface area (Å²) in [6.07, 6.45) is -0.351. The molecule has 1 aliphatic rings. The molecule has 19 heavy (non-hydrogen) atoms. The molecule has 0 spiro atoms. The molecule has 100 valence electrons. The molecule has 0 bridgehead atoms. The number of thioether (sulfide) groups is 1. The highest BCUT2D eigenvalue weighted by Gasteiger charge is 2.35. The van der Waals surface area contributed by atoms with Gasteiger partial charge >= 0.3 is 0 Å². The number of aliphatic imine (C=N–C) groups is 1. The number of amidine groups is 1. The number of carbonyl (C=O) groups is 2. The van der Waals surface area contributed by atoms with Crippen LogP contribution in [0.5, 0.6) is 0 Å². The highest BCUT2D eigenvalue weighted by Crippen LogP contribution is 2.30. The van der Waals surface area contributed by atoms with Gasteiger partial charge in [-0.1, -0.05) is 11.8 Å². The van der Waals surface area contributed by atoms with Gasteiger partial charge in [-0.2, -0.15) is 0 Å². The molecule has 1 aliphatic heterocycles. The normalized spacial score (nSPS) is 21.2. The fraction of sp³-hybridized carbons (Fsp3) is 0.250. The molecule has 0 aromatic heterocycles. The highest BCUT2D eigenvalue weighted by molar-refractivity contribution is 8.15. The number of hydrogen-bond acceptors (Lipinski definition) is 5. The van der Waals surface area contributed by atoms with Crippen LogP contribution in [0.1, 0.15) is 6.42 Å². The molecule has 1 fully saturated rings. The van der Waals surface area contributed by atoms with Crippen molar-refractivity contribution in [2.75, 3.05) is 7.05 Å². The van der Waals surface area contributed by atoms with Crippen molar-refractivity contribution >= 4 is 34.5 Å². The van der Waals surface area contributed by atoms with E-state index in [0.29, 0.717) is 10.9 Å². The lowest BCUT2D eigenvalue weighted by atomic mass is 10.3. The molecule has 0 unspecified atom stereocenters. The molecular formula is C12H10FN2O3S-. The van der Waals surface area contributed by atoms with Gasteiger partial charge in [0.05, 0.1) is 10.9 Å². The maximum absolute atomic E-state index is 12.8. The lowest BCUT2D eigenvalue weighted by molar-refractivity contribution is -0.305. The smallest absolute Gasteiger partial charge is 0.242 e. The summed E-state index contributed by atoms with van der Waals surface area (Å²) in [5, 5.41) is 10.2. The Bertz CT molecular complexity index is 544. The first-order valence-electron chi connectivity index (χ1n) is 5.45. The molecular weight excluding hydrogens is 271 g/mol. The second kappa shape index (κ2) is 5.40. The van der Waals surface area contributed by atoms with E-state index in [1.165, 1.54) is 36.2 Å². The van der Waals surface area contributed by atoms with Crippen LogP contribution in [-0.4, -0.2) is 34.2 Å². The summed E-state index contributed by atoms with van der Waals surface area (Å²) in [5.74, 6) is -1.97. The molecule has 1 heterocycles. The number of halogens is 1. The van der Waals surface area contributed by atoms with Crippen LogP contribution in [0.3, 0.4) is 0 Å². The summed E-state index contributed by atoms with van der Waals surface area (Å²) in [4.78, 5) is 27.8. The van der Waals surface area contributed by atoms with E-state index in [2.05, 4.69) is 4.99 Å². The molecule has 0 aliphatic carbocycles. The predicted octanol–water partition coefficient (Wildman–Crippen LogP) is 0.527. The summed E-state index contributed by atoms with van der Waals surface area (Å²) in [6.45, 7) is 0. The Morgan fingerprint density at radius 3 is 2.68 bits per heavy atom. The van der Waals surface area contributed by atoms with Crippen molar-refractivity contribution < 1.29 is 19.1 Å². The summed E-state index contributed by atoms with van der Waals surface area (Å²) in [6, 6.07) is 5.49.